The molecule has 0 atom stereocenters. The minimum Gasteiger partial charge on any atom is -0.383 e. The number of rotatable bonds is 1. The van der Waals surface area contributed by atoms with Gasteiger partial charge in [0.25, 0.3) is 6.43 Å². The third kappa shape index (κ3) is 1.72. The zero-order valence-corrected chi connectivity index (χ0v) is 6.88. The molecule has 1 aromatic heterocycles. The van der Waals surface area contributed by atoms with Crippen molar-refractivity contribution in [2.75, 3.05) is 5.73 Å². The number of nitrogens with two attached hydrogens (primary N) is 1. The number of hydrogen-bond acceptors (Lipinski definition) is 3. The normalized spacial score (nSPS) is 10.1. The van der Waals surface area contributed by atoms with Gasteiger partial charge in [0.1, 0.15) is 17.6 Å². The molecule has 0 saturated carbocycles. The lowest BCUT2D eigenvalue weighted by Gasteiger charge is -2.05. The third-order valence-corrected chi connectivity index (χ3v) is 1.61. The van der Waals surface area contributed by atoms with Crippen LogP contribution in [0.1, 0.15) is 23.2 Å². The van der Waals surface area contributed by atoms with Gasteiger partial charge in [0, 0.05) is 0 Å². The first-order chi connectivity index (χ1) is 6.06. The Labute approximate surface area is 73.8 Å². The number of aryl methyl sites for hydroxylation is 1. The van der Waals surface area contributed by atoms with Crippen molar-refractivity contribution in [2.24, 2.45) is 0 Å². The van der Waals surface area contributed by atoms with E-state index in [4.69, 9.17) is 11.0 Å². The van der Waals surface area contributed by atoms with Crippen LogP contribution >= 0.6 is 0 Å². The van der Waals surface area contributed by atoms with E-state index < -0.39 is 6.43 Å². The molecule has 2 N–H and O–H groups in total. The summed E-state index contributed by atoms with van der Waals surface area (Å²) in [6, 6.07) is 2.95. The van der Waals surface area contributed by atoms with Crippen LogP contribution in [0.2, 0.25) is 0 Å². The maximum Gasteiger partial charge on any atom is 0.267 e. The van der Waals surface area contributed by atoms with Crippen LogP contribution in [0.5, 0.6) is 0 Å². The SMILES string of the molecule is Cc1cc(C(F)F)c(N)nc1C#N. The molecule has 13 heavy (non-hydrogen) atoms. The van der Waals surface area contributed by atoms with Gasteiger partial charge in [-0.1, -0.05) is 0 Å². The van der Waals surface area contributed by atoms with Gasteiger partial charge in [-0.2, -0.15) is 5.26 Å². The first-order valence-electron chi connectivity index (χ1n) is 3.51. The van der Waals surface area contributed by atoms with Crippen molar-refractivity contribution in [1.29, 1.82) is 5.26 Å². The summed E-state index contributed by atoms with van der Waals surface area (Å²) in [5, 5.41) is 8.52. The molecule has 1 rings (SSSR count). The van der Waals surface area contributed by atoms with Crippen LogP contribution in [-0.2, 0) is 0 Å². The molecular weight excluding hydrogens is 176 g/mol. The van der Waals surface area contributed by atoms with Gasteiger partial charge in [0.15, 0.2) is 0 Å². The van der Waals surface area contributed by atoms with Crippen LogP contribution in [0.4, 0.5) is 14.6 Å². The molecule has 0 amide bonds. The minimum atomic E-state index is -2.65. The van der Waals surface area contributed by atoms with E-state index in [0.717, 1.165) is 0 Å². The molecule has 1 aromatic rings. The second-order valence-corrected chi connectivity index (χ2v) is 2.54. The van der Waals surface area contributed by atoms with Crippen LogP contribution < -0.4 is 5.73 Å². The average Bonchev–Trinajstić information content (AvgIpc) is 2.07. The molecule has 5 heteroatoms. The van der Waals surface area contributed by atoms with Gasteiger partial charge < -0.3 is 5.73 Å². The van der Waals surface area contributed by atoms with E-state index in [1.807, 2.05) is 0 Å². The van der Waals surface area contributed by atoms with E-state index in [2.05, 4.69) is 4.98 Å². The van der Waals surface area contributed by atoms with Crippen LogP contribution in [0, 0.1) is 18.3 Å². The summed E-state index contributed by atoms with van der Waals surface area (Å²) in [7, 11) is 0. The fourth-order valence-electron chi connectivity index (χ4n) is 0.937. The number of halogens is 2. The highest BCUT2D eigenvalue weighted by molar-refractivity contribution is 5.47. The Morgan fingerprint density at radius 2 is 2.23 bits per heavy atom. The second-order valence-electron chi connectivity index (χ2n) is 2.54. The van der Waals surface area contributed by atoms with E-state index in [0.29, 0.717) is 5.56 Å². The van der Waals surface area contributed by atoms with Crippen molar-refractivity contribution in [3.63, 3.8) is 0 Å². The van der Waals surface area contributed by atoms with Gasteiger partial charge in [-0.15, -0.1) is 0 Å². The Hall–Kier alpha value is -1.70. The first-order valence-corrected chi connectivity index (χ1v) is 3.51. The van der Waals surface area contributed by atoms with Crippen molar-refractivity contribution in [3.05, 3.63) is 22.9 Å². The summed E-state index contributed by atoms with van der Waals surface area (Å²) in [4.78, 5) is 3.55. The number of hydrogen-bond donors (Lipinski definition) is 1. The number of anilines is 1. The number of pyridine rings is 1. The number of nitrogens with zero attached hydrogens (tertiary/aromatic N) is 2. The van der Waals surface area contributed by atoms with Crippen molar-refractivity contribution < 1.29 is 8.78 Å². The average molecular weight is 183 g/mol. The molecule has 0 aliphatic heterocycles. The molecule has 0 radical (unpaired) electrons. The summed E-state index contributed by atoms with van der Waals surface area (Å²) in [6.45, 7) is 1.54. The predicted octanol–water partition coefficient (Wildman–Crippen LogP) is 1.78. The van der Waals surface area contributed by atoms with Gasteiger partial charge in [-0.05, 0) is 18.6 Å². The summed E-state index contributed by atoms with van der Waals surface area (Å²) in [6.07, 6.45) is -2.65. The highest BCUT2D eigenvalue weighted by atomic mass is 19.3. The van der Waals surface area contributed by atoms with Crippen LogP contribution in [0.25, 0.3) is 0 Å². The Morgan fingerprint density at radius 1 is 1.62 bits per heavy atom. The highest BCUT2D eigenvalue weighted by Crippen LogP contribution is 2.25. The van der Waals surface area contributed by atoms with Crippen molar-refractivity contribution in [3.8, 4) is 6.07 Å². The molecule has 3 nitrogen and oxygen atoms in total. The van der Waals surface area contributed by atoms with Crippen LogP contribution in [0.3, 0.4) is 0 Å². The van der Waals surface area contributed by atoms with Crippen molar-refractivity contribution in [1.82, 2.24) is 4.98 Å². The predicted molar refractivity (Wildman–Crippen MR) is 43.1 cm³/mol. The Bertz CT molecular complexity index is 368. The van der Waals surface area contributed by atoms with Gasteiger partial charge in [-0.3, -0.25) is 0 Å². The Balaban J connectivity index is 3.31. The summed E-state index contributed by atoms with van der Waals surface area (Å²) in [5.74, 6) is -0.280. The second kappa shape index (κ2) is 3.35. The van der Waals surface area contributed by atoms with Gasteiger partial charge in [0.2, 0.25) is 0 Å². The lowest BCUT2D eigenvalue weighted by Crippen LogP contribution is -2.02. The lowest BCUT2D eigenvalue weighted by atomic mass is 10.1. The molecule has 0 bridgehead atoms. The molecule has 0 fully saturated rings. The fraction of sp³-hybridized carbons (Fsp3) is 0.250. The Kier molecular flexibility index (Phi) is 2.42. The van der Waals surface area contributed by atoms with Gasteiger partial charge in [0.05, 0.1) is 5.56 Å². The lowest BCUT2D eigenvalue weighted by molar-refractivity contribution is 0.152. The largest absolute Gasteiger partial charge is 0.383 e. The number of nitrogen functional groups attached to an aromatic ring is 1. The molecule has 68 valence electrons. The molecule has 0 aliphatic rings. The molecule has 0 aromatic carbocycles. The zero-order valence-electron chi connectivity index (χ0n) is 6.88. The van der Waals surface area contributed by atoms with Crippen molar-refractivity contribution in [2.45, 2.75) is 13.3 Å². The standard InChI is InChI=1S/C8H7F2N3/c1-4-2-5(7(9)10)8(12)13-6(4)3-11/h2,7H,1H3,(H2,12,13). The monoisotopic (exact) mass is 183 g/mol. The van der Waals surface area contributed by atoms with E-state index in [1.165, 1.54) is 13.0 Å². The fourth-order valence-corrected chi connectivity index (χ4v) is 0.937. The third-order valence-electron chi connectivity index (χ3n) is 1.61. The molecule has 1 heterocycles. The molecular formula is C8H7F2N3. The number of alkyl halides is 2. The highest BCUT2D eigenvalue weighted by Gasteiger charge is 2.14. The summed E-state index contributed by atoms with van der Waals surface area (Å²) in [5.41, 5.74) is 5.40. The zero-order chi connectivity index (χ0) is 10.0. The summed E-state index contributed by atoms with van der Waals surface area (Å²) < 4.78 is 24.5. The van der Waals surface area contributed by atoms with Crippen molar-refractivity contribution >= 4 is 5.82 Å². The van der Waals surface area contributed by atoms with Gasteiger partial charge in [-0.25, -0.2) is 13.8 Å². The molecule has 0 spiro atoms. The summed E-state index contributed by atoms with van der Waals surface area (Å²) >= 11 is 0. The molecule has 0 aliphatic carbocycles. The topological polar surface area (TPSA) is 62.7 Å². The Morgan fingerprint density at radius 3 is 2.69 bits per heavy atom. The number of aromatic nitrogens is 1. The maximum absolute atomic E-state index is 12.2. The first kappa shape index (κ1) is 9.39. The van der Waals surface area contributed by atoms with E-state index in [1.54, 1.807) is 6.07 Å². The van der Waals surface area contributed by atoms with Crippen LogP contribution in [0.15, 0.2) is 6.07 Å². The quantitative estimate of drug-likeness (QED) is 0.721. The number of nitriles is 1. The maximum atomic E-state index is 12.2. The molecule has 0 saturated heterocycles. The minimum absolute atomic E-state index is 0.0851. The van der Waals surface area contributed by atoms with E-state index >= 15 is 0 Å². The van der Waals surface area contributed by atoms with Crippen LogP contribution in [-0.4, -0.2) is 4.98 Å². The molecule has 0 unspecified atom stereocenters. The smallest absolute Gasteiger partial charge is 0.267 e. The van der Waals surface area contributed by atoms with Gasteiger partial charge >= 0.3 is 0 Å². The van der Waals surface area contributed by atoms with E-state index in [9.17, 15) is 8.78 Å². The van der Waals surface area contributed by atoms with E-state index in [-0.39, 0.29) is 17.1 Å².